The van der Waals surface area contributed by atoms with Crippen LogP contribution in [-0.2, 0) is 0 Å². The van der Waals surface area contributed by atoms with Gasteiger partial charge in [0.05, 0.1) is 0 Å². The van der Waals surface area contributed by atoms with Crippen LogP contribution in [0.1, 0.15) is 10.4 Å². The van der Waals surface area contributed by atoms with Crippen molar-refractivity contribution in [1.82, 2.24) is 0 Å². The lowest BCUT2D eigenvalue weighted by molar-refractivity contribution is 0.109. The maximum absolute atomic E-state index is 10.5. The maximum Gasteiger partial charge on any atom is 0.249 e. The molecule has 0 heterocycles. The lowest BCUT2D eigenvalue weighted by atomic mass is 10.2. The molecule has 0 spiro atoms. The summed E-state index contributed by atoms with van der Waals surface area (Å²) in [5.41, 5.74) is 0.513. The second-order valence-corrected chi connectivity index (χ2v) is 2.60. The van der Waals surface area contributed by atoms with Gasteiger partial charge in [-0.1, -0.05) is 11.6 Å². The number of hydrogen-bond acceptors (Lipinski definition) is 1. The van der Waals surface area contributed by atoms with E-state index in [4.69, 9.17) is 11.6 Å². The summed E-state index contributed by atoms with van der Waals surface area (Å²) in [4.78, 5) is 10.5. The molecule has 0 aliphatic rings. The van der Waals surface area contributed by atoms with Crippen molar-refractivity contribution in [2.75, 3.05) is 0 Å². The summed E-state index contributed by atoms with van der Waals surface area (Å²) in [5.74, 6) is 0. The lowest BCUT2D eigenvalue weighted by Gasteiger charge is -1.91. The van der Waals surface area contributed by atoms with Gasteiger partial charge < -0.3 is 0 Å². The van der Waals surface area contributed by atoms with Crippen LogP contribution in [0.25, 0.3) is 0 Å². The van der Waals surface area contributed by atoms with Crippen molar-refractivity contribution < 1.29 is 4.79 Å². The standard InChI is InChI=1S/C7H4ClOS/c8-6-3-1-5(2-4-6)7(9)10/h1-4H. The molecule has 0 unspecified atom stereocenters. The summed E-state index contributed by atoms with van der Waals surface area (Å²) in [5, 5.41) is 0.261. The minimum Gasteiger partial charge on any atom is -0.276 e. The number of carbonyl (C=O) groups is 1. The van der Waals surface area contributed by atoms with Gasteiger partial charge in [-0.15, -0.1) is 0 Å². The van der Waals surface area contributed by atoms with Crippen molar-refractivity contribution in [3.05, 3.63) is 34.9 Å². The molecule has 0 bridgehead atoms. The highest BCUT2D eigenvalue weighted by Crippen LogP contribution is 2.10. The van der Waals surface area contributed by atoms with E-state index in [0.717, 1.165) is 0 Å². The smallest absolute Gasteiger partial charge is 0.249 e. The van der Waals surface area contributed by atoms with Gasteiger partial charge in [0.1, 0.15) is 0 Å². The van der Waals surface area contributed by atoms with E-state index in [9.17, 15) is 4.79 Å². The van der Waals surface area contributed by atoms with E-state index >= 15 is 0 Å². The molecule has 0 atom stereocenters. The molecule has 0 saturated carbocycles. The van der Waals surface area contributed by atoms with Crippen LogP contribution in [0.5, 0.6) is 0 Å². The van der Waals surface area contributed by atoms with Crippen molar-refractivity contribution in [3.8, 4) is 0 Å². The minimum atomic E-state index is -0.350. The van der Waals surface area contributed by atoms with Crippen LogP contribution in [0.2, 0.25) is 5.02 Å². The molecular formula is C7H4ClOS. The highest BCUT2D eigenvalue weighted by Gasteiger charge is 1.98. The first-order valence-corrected chi connectivity index (χ1v) is 3.45. The van der Waals surface area contributed by atoms with Crippen molar-refractivity contribution >= 4 is 29.3 Å². The summed E-state index contributed by atoms with van der Waals surface area (Å²) in [6.45, 7) is 0. The quantitative estimate of drug-likeness (QED) is 0.635. The van der Waals surface area contributed by atoms with Gasteiger partial charge in [-0.2, -0.15) is 0 Å². The number of carbonyl (C=O) groups excluding carboxylic acids is 1. The van der Waals surface area contributed by atoms with Gasteiger partial charge in [0, 0.05) is 10.6 Å². The Balaban J connectivity index is 3.00. The fourth-order valence-corrected chi connectivity index (χ4v) is 0.848. The maximum atomic E-state index is 10.5. The molecule has 0 aliphatic heterocycles. The molecule has 0 N–H and O–H groups in total. The molecule has 0 aliphatic carbocycles. The van der Waals surface area contributed by atoms with E-state index in [1.165, 1.54) is 0 Å². The Morgan fingerprint density at radius 1 is 1.30 bits per heavy atom. The van der Waals surface area contributed by atoms with E-state index < -0.39 is 0 Å². The second kappa shape index (κ2) is 2.99. The molecule has 10 heavy (non-hydrogen) atoms. The van der Waals surface area contributed by atoms with Crippen molar-refractivity contribution in [1.29, 1.82) is 0 Å². The first-order valence-electron chi connectivity index (χ1n) is 2.67. The van der Waals surface area contributed by atoms with Gasteiger partial charge >= 0.3 is 0 Å². The fraction of sp³-hybridized carbons (Fsp3) is 0. The Bertz CT molecular complexity index is 242. The summed E-state index contributed by atoms with van der Waals surface area (Å²) in [7, 11) is 0. The largest absolute Gasteiger partial charge is 0.276 e. The van der Waals surface area contributed by atoms with Gasteiger partial charge in [-0.3, -0.25) is 4.79 Å². The zero-order chi connectivity index (χ0) is 7.56. The SMILES string of the molecule is O=C([S])c1ccc(Cl)cc1. The predicted octanol–water partition coefficient (Wildman–Crippen LogP) is 2.68. The van der Waals surface area contributed by atoms with Crippen LogP contribution < -0.4 is 0 Å². The molecule has 1 radical (unpaired) electrons. The lowest BCUT2D eigenvalue weighted by Crippen LogP contribution is -1.85. The minimum absolute atomic E-state index is 0.350. The average Bonchev–Trinajstić information content (AvgIpc) is 1.88. The highest BCUT2D eigenvalue weighted by molar-refractivity contribution is 7.97. The normalized spacial score (nSPS) is 9.30. The molecular weight excluding hydrogens is 168 g/mol. The van der Waals surface area contributed by atoms with Gasteiger partial charge in [0.15, 0.2) is 0 Å². The Morgan fingerprint density at radius 2 is 1.80 bits per heavy atom. The fourth-order valence-electron chi connectivity index (χ4n) is 0.586. The van der Waals surface area contributed by atoms with E-state index in [0.29, 0.717) is 10.6 Å². The molecule has 0 fully saturated rings. The molecule has 1 aromatic rings. The first kappa shape index (κ1) is 7.51. The molecule has 1 nitrogen and oxygen atoms in total. The predicted molar refractivity (Wildman–Crippen MR) is 43.4 cm³/mol. The van der Waals surface area contributed by atoms with Crippen molar-refractivity contribution in [2.45, 2.75) is 0 Å². The third kappa shape index (κ3) is 1.69. The summed E-state index contributed by atoms with van der Waals surface area (Å²) in [6.07, 6.45) is 0. The first-order chi connectivity index (χ1) is 4.70. The van der Waals surface area contributed by atoms with Crippen LogP contribution in [0.15, 0.2) is 24.3 Å². The van der Waals surface area contributed by atoms with Gasteiger partial charge in [-0.25, -0.2) is 0 Å². The van der Waals surface area contributed by atoms with Crippen molar-refractivity contribution in [3.63, 3.8) is 0 Å². The third-order valence-corrected chi connectivity index (χ3v) is 1.57. The molecule has 1 aromatic carbocycles. The highest BCUT2D eigenvalue weighted by atomic mass is 35.5. The van der Waals surface area contributed by atoms with Gasteiger partial charge in [0.2, 0.25) is 5.12 Å². The second-order valence-electron chi connectivity index (χ2n) is 1.79. The zero-order valence-electron chi connectivity index (χ0n) is 5.00. The van der Waals surface area contributed by atoms with Gasteiger partial charge in [0.25, 0.3) is 0 Å². The topological polar surface area (TPSA) is 17.1 Å². The summed E-state index contributed by atoms with van der Waals surface area (Å²) < 4.78 is 0. The number of rotatable bonds is 1. The van der Waals surface area contributed by atoms with Crippen LogP contribution in [0.4, 0.5) is 0 Å². The monoisotopic (exact) mass is 171 g/mol. The van der Waals surface area contributed by atoms with Crippen LogP contribution >= 0.6 is 24.2 Å². The Kier molecular flexibility index (Phi) is 2.25. The third-order valence-electron chi connectivity index (χ3n) is 1.08. The zero-order valence-corrected chi connectivity index (χ0v) is 6.58. The summed E-state index contributed by atoms with van der Waals surface area (Å²) in [6, 6.07) is 6.50. The molecule has 51 valence electrons. The van der Waals surface area contributed by atoms with Crippen LogP contribution in [0.3, 0.4) is 0 Å². The Hall–Kier alpha value is -0.600. The van der Waals surface area contributed by atoms with Crippen molar-refractivity contribution in [2.24, 2.45) is 0 Å². The molecule has 3 heteroatoms. The van der Waals surface area contributed by atoms with Crippen LogP contribution in [0, 0.1) is 0 Å². The van der Waals surface area contributed by atoms with E-state index in [1.54, 1.807) is 24.3 Å². The molecule has 0 aromatic heterocycles. The molecule has 0 saturated heterocycles. The van der Waals surface area contributed by atoms with E-state index in [2.05, 4.69) is 12.6 Å². The van der Waals surface area contributed by atoms with Crippen LogP contribution in [-0.4, -0.2) is 5.12 Å². The van der Waals surface area contributed by atoms with E-state index in [-0.39, 0.29) is 5.12 Å². The van der Waals surface area contributed by atoms with Gasteiger partial charge in [-0.05, 0) is 36.9 Å². The Morgan fingerprint density at radius 3 is 2.20 bits per heavy atom. The molecule has 0 amide bonds. The average molecular weight is 172 g/mol. The number of hydrogen-bond donors (Lipinski definition) is 0. The number of halogens is 1. The Labute approximate surface area is 69.4 Å². The molecule has 1 rings (SSSR count). The number of benzene rings is 1. The summed E-state index contributed by atoms with van der Waals surface area (Å²) >= 11 is 9.98. The van der Waals surface area contributed by atoms with E-state index in [1.807, 2.05) is 0 Å².